The molecule has 1 aliphatic rings. The number of nitrogens with zero attached hydrogens (tertiary/aromatic N) is 1. The minimum atomic E-state index is -1.13. The number of fused-ring (bicyclic) bond motifs is 1. The normalized spacial score (nSPS) is 16.1. The number of halogens is 3. The van der Waals surface area contributed by atoms with Gasteiger partial charge in [0, 0.05) is 0 Å². The van der Waals surface area contributed by atoms with Gasteiger partial charge in [-0.15, -0.1) is 11.6 Å². The maximum atomic E-state index is 13.6. The second-order valence-corrected chi connectivity index (χ2v) is 4.11. The van der Waals surface area contributed by atoms with Crippen LogP contribution in [0.2, 0.25) is 0 Å². The number of amides is 1. The molecule has 0 radical (unpaired) electrons. The second kappa shape index (κ2) is 4.62. The van der Waals surface area contributed by atoms with Crippen LogP contribution in [0.3, 0.4) is 0 Å². The van der Waals surface area contributed by atoms with Gasteiger partial charge in [-0.25, -0.2) is 8.78 Å². The minimum Gasteiger partial charge on any atom is -0.390 e. The number of β-amino-alcohol motifs (C(OH)–C–C–N with tert-alkyl or cyclic N) is 1. The lowest BCUT2D eigenvalue weighted by atomic mass is 10.1. The molecule has 18 heavy (non-hydrogen) atoms. The summed E-state index contributed by atoms with van der Waals surface area (Å²) < 4.78 is 27.0. The third-order valence-corrected chi connectivity index (χ3v) is 2.94. The zero-order valence-corrected chi connectivity index (χ0v) is 9.75. The van der Waals surface area contributed by atoms with E-state index in [1.807, 2.05) is 0 Å². The average Bonchev–Trinajstić information content (AvgIpc) is 2.60. The van der Waals surface area contributed by atoms with Gasteiger partial charge >= 0.3 is 0 Å². The molecule has 4 nitrogen and oxygen atoms in total. The Balaban J connectivity index is 2.51. The first kappa shape index (κ1) is 12.9. The van der Waals surface area contributed by atoms with Gasteiger partial charge < -0.3 is 5.11 Å². The van der Waals surface area contributed by atoms with Crippen LogP contribution in [0.4, 0.5) is 14.5 Å². The Kier molecular flexibility index (Phi) is 3.32. The van der Waals surface area contributed by atoms with Crippen molar-refractivity contribution >= 4 is 29.0 Å². The highest BCUT2D eigenvalue weighted by molar-refractivity contribution is 6.52. The summed E-state index contributed by atoms with van der Waals surface area (Å²) in [6.45, 7) is -0.360. The number of ketones is 1. The lowest BCUT2D eigenvalue weighted by Crippen LogP contribution is -2.37. The molecule has 1 aromatic rings. The molecule has 0 bridgehead atoms. The maximum Gasteiger partial charge on any atom is 0.299 e. The number of aliphatic hydroxyl groups excluding tert-OH is 1. The molecule has 1 atom stereocenters. The first-order valence-corrected chi connectivity index (χ1v) is 5.59. The zero-order valence-electron chi connectivity index (χ0n) is 8.99. The highest BCUT2D eigenvalue weighted by atomic mass is 35.5. The third-order valence-electron chi connectivity index (χ3n) is 2.59. The van der Waals surface area contributed by atoms with Gasteiger partial charge in [0.05, 0.1) is 29.8 Å². The standard InChI is InChI=1S/C11H8ClF2NO3/c12-3-5(16)4-15-9-7(14)2-1-6(13)8(9)10(17)11(15)18/h1-2,5,16H,3-4H2. The topological polar surface area (TPSA) is 57.6 Å². The molecule has 0 fully saturated rings. The van der Waals surface area contributed by atoms with Crippen molar-refractivity contribution in [2.75, 3.05) is 17.3 Å². The maximum absolute atomic E-state index is 13.6. The van der Waals surface area contributed by atoms with Gasteiger partial charge in [0.15, 0.2) is 0 Å². The zero-order chi connectivity index (χ0) is 13.4. The fraction of sp³-hybridized carbons (Fsp3) is 0.273. The highest BCUT2D eigenvalue weighted by Crippen LogP contribution is 2.33. The van der Waals surface area contributed by atoms with Crippen molar-refractivity contribution in [3.63, 3.8) is 0 Å². The van der Waals surface area contributed by atoms with E-state index in [0.717, 1.165) is 12.1 Å². The summed E-state index contributed by atoms with van der Waals surface area (Å²) in [4.78, 5) is 23.9. The van der Waals surface area contributed by atoms with Crippen LogP contribution in [0.25, 0.3) is 0 Å². The van der Waals surface area contributed by atoms with Crippen molar-refractivity contribution in [2.45, 2.75) is 6.10 Å². The van der Waals surface area contributed by atoms with Crippen LogP contribution in [-0.4, -0.2) is 35.3 Å². The molecule has 1 heterocycles. The lowest BCUT2D eigenvalue weighted by molar-refractivity contribution is -0.114. The Morgan fingerprint density at radius 3 is 2.50 bits per heavy atom. The largest absolute Gasteiger partial charge is 0.390 e. The van der Waals surface area contributed by atoms with E-state index in [9.17, 15) is 23.5 Å². The SMILES string of the molecule is O=C1C(=O)N(CC(O)CCl)c2c(F)ccc(F)c21. The molecule has 0 saturated carbocycles. The van der Waals surface area contributed by atoms with Crippen LogP contribution >= 0.6 is 11.6 Å². The number of carbonyl (C=O) groups is 2. The van der Waals surface area contributed by atoms with Crippen molar-refractivity contribution in [3.05, 3.63) is 29.3 Å². The molecule has 0 aliphatic carbocycles. The minimum absolute atomic E-state index is 0.190. The molecule has 1 aliphatic heterocycles. The predicted octanol–water partition coefficient (Wildman–Crippen LogP) is 1.09. The smallest absolute Gasteiger partial charge is 0.299 e. The van der Waals surface area contributed by atoms with Gasteiger partial charge in [0.1, 0.15) is 11.6 Å². The van der Waals surface area contributed by atoms with Crippen LogP contribution in [-0.2, 0) is 4.79 Å². The van der Waals surface area contributed by atoms with E-state index in [2.05, 4.69) is 0 Å². The van der Waals surface area contributed by atoms with E-state index in [1.54, 1.807) is 0 Å². The van der Waals surface area contributed by atoms with Crippen molar-refractivity contribution in [3.8, 4) is 0 Å². The first-order valence-electron chi connectivity index (χ1n) is 5.05. The van der Waals surface area contributed by atoms with Crippen LogP contribution in [0.15, 0.2) is 12.1 Å². The number of benzene rings is 1. The van der Waals surface area contributed by atoms with Crippen molar-refractivity contribution in [1.82, 2.24) is 0 Å². The summed E-state index contributed by atoms with van der Waals surface area (Å²) >= 11 is 5.37. The third kappa shape index (κ3) is 1.87. The molecule has 7 heteroatoms. The molecule has 96 valence electrons. The molecule has 1 amide bonds. The summed E-state index contributed by atoms with van der Waals surface area (Å²) in [5, 5.41) is 9.35. The molecule has 1 unspecified atom stereocenters. The molecule has 0 spiro atoms. The van der Waals surface area contributed by atoms with Crippen LogP contribution in [0, 0.1) is 11.6 Å². The van der Waals surface area contributed by atoms with Crippen molar-refractivity contribution in [2.24, 2.45) is 0 Å². The van der Waals surface area contributed by atoms with E-state index < -0.39 is 40.7 Å². The quantitative estimate of drug-likeness (QED) is 0.664. The fourth-order valence-electron chi connectivity index (χ4n) is 1.79. The number of Topliss-reactive ketones (excluding diaryl/α,β-unsaturated/α-hetero) is 1. The predicted molar refractivity (Wildman–Crippen MR) is 59.8 cm³/mol. The van der Waals surface area contributed by atoms with Crippen LogP contribution in [0.1, 0.15) is 10.4 Å². The number of rotatable bonds is 3. The lowest BCUT2D eigenvalue weighted by Gasteiger charge is -2.19. The summed E-state index contributed by atoms with van der Waals surface area (Å²) in [5.74, 6) is -4.24. The molecule has 2 rings (SSSR count). The van der Waals surface area contributed by atoms with Crippen LogP contribution in [0.5, 0.6) is 0 Å². The van der Waals surface area contributed by atoms with Gasteiger partial charge in [0.2, 0.25) is 0 Å². The van der Waals surface area contributed by atoms with Gasteiger partial charge in [-0.2, -0.15) is 0 Å². The number of alkyl halides is 1. The Morgan fingerprint density at radius 2 is 1.89 bits per heavy atom. The number of aliphatic hydroxyl groups is 1. The Hall–Kier alpha value is -1.53. The average molecular weight is 276 g/mol. The summed E-state index contributed by atoms with van der Waals surface area (Å²) in [6, 6.07) is 1.60. The molecule has 0 aromatic heterocycles. The fourth-order valence-corrected chi connectivity index (χ4v) is 1.88. The number of carbonyl (C=O) groups excluding carboxylic acids is 2. The number of anilines is 1. The van der Waals surface area contributed by atoms with Gasteiger partial charge in [0.25, 0.3) is 11.7 Å². The molecular formula is C11H8ClF2NO3. The molecular weight excluding hydrogens is 268 g/mol. The first-order chi connectivity index (χ1) is 8.47. The summed E-state index contributed by atoms with van der Waals surface area (Å²) in [7, 11) is 0. The second-order valence-electron chi connectivity index (χ2n) is 3.81. The summed E-state index contributed by atoms with van der Waals surface area (Å²) in [6.07, 6.45) is -1.13. The number of hydrogen-bond donors (Lipinski definition) is 1. The van der Waals surface area contributed by atoms with Gasteiger partial charge in [-0.05, 0) is 12.1 Å². The van der Waals surface area contributed by atoms with Crippen molar-refractivity contribution < 1.29 is 23.5 Å². The van der Waals surface area contributed by atoms with Gasteiger partial charge in [-0.3, -0.25) is 14.5 Å². The van der Waals surface area contributed by atoms with E-state index >= 15 is 0 Å². The van der Waals surface area contributed by atoms with Crippen LogP contribution < -0.4 is 4.90 Å². The Bertz CT molecular complexity index is 535. The number of hydrogen-bond acceptors (Lipinski definition) is 3. The monoisotopic (exact) mass is 275 g/mol. The Morgan fingerprint density at radius 1 is 1.28 bits per heavy atom. The van der Waals surface area contributed by atoms with E-state index in [0.29, 0.717) is 4.90 Å². The van der Waals surface area contributed by atoms with Crippen molar-refractivity contribution in [1.29, 1.82) is 0 Å². The molecule has 1 aromatic carbocycles. The molecule has 1 N–H and O–H groups in total. The van der Waals surface area contributed by atoms with Gasteiger partial charge in [-0.1, -0.05) is 0 Å². The van der Waals surface area contributed by atoms with E-state index in [1.165, 1.54) is 0 Å². The Labute approximate surface area is 106 Å². The summed E-state index contributed by atoms with van der Waals surface area (Å²) in [5.41, 5.74) is -1.03. The highest BCUT2D eigenvalue weighted by Gasteiger charge is 2.41. The van der Waals surface area contributed by atoms with E-state index in [-0.39, 0.29) is 12.4 Å². The van der Waals surface area contributed by atoms with E-state index in [4.69, 9.17) is 11.6 Å². The molecule has 0 saturated heterocycles.